The Morgan fingerprint density at radius 3 is 2.95 bits per heavy atom. The standard InChI is InChI=1S/C15H19N3O2/c1-11-3-4-14(18-7-6-16-10-18)13(9-11)15(20)17-12(2)5-8-19/h3-4,6-7,9-10,12,19H,5,8H2,1-2H3,(H,17,20). The lowest BCUT2D eigenvalue weighted by molar-refractivity contribution is 0.0934. The molecule has 0 aliphatic carbocycles. The average Bonchev–Trinajstić information content (AvgIpc) is 2.92. The number of benzene rings is 1. The number of nitrogens with zero attached hydrogens (tertiary/aromatic N) is 2. The van der Waals surface area contributed by atoms with E-state index in [9.17, 15) is 4.79 Å². The van der Waals surface area contributed by atoms with Gasteiger partial charge in [0.1, 0.15) is 0 Å². The average molecular weight is 273 g/mol. The summed E-state index contributed by atoms with van der Waals surface area (Å²) in [6, 6.07) is 5.66. The number of carbonyl (C=O) groups is 1. The fourth-order valence-electron chi connectivity index (χ4n) is 2.03. The van der Waals surface area contributed by atoms with Crippen LogP contribution in [0.25, 0.3) is 5.69 Å². The molecular formula is C15H19N3O2. The van der Waals surface area contributed by atoms with Crippen LogP contribution in [0.15, 0.2) is 36.9 Å². The Morgan fingerprint density at radius 1 is 1.50 bits per heavy atom. The van der Waals surface area contributed by atoms with E-state index in [0.717, 1.165) is 11.3 Å². The van der Waals surface area contributed by atoms with Crippen molar-refractivity contribution in [1.82, 2.24) is 14.9 Å². The molecule has 0 saturated heterocycles. The number of hydrogen-bond acceptors (Lipinski definition) is 3. The highest BCUT2D eigenvalue weighted by atomic mass is 16.3. The molecule has 1 aromatic heterocycles. The molecule has 0 saturated carbocycles. The lowest BCUT2D eigenvalue weighted by atomic mass is 10.1. The Labute approximate surface area is 118 Å². The van der Waals surface area contributed by atoms with Crippen molar-refractivity contribution in [3.63, 3.8) is 0 Å². The summed E-state index contributed by atoms with van der Waals surface area (Å²) in [6.07, 6.45) is 5.69. The molecule has 0 bridgehead atoms. The maximum Gasteiger partial charge on any atom is 0.253 e. The van der Waals surface area contributed by atoms with Crippen LogP contribution in [0.5, 0.6) is 0 Å². The second kappa shape index (κ2) is 6.34. The van der Waals surface area contributed by atoms with Gasteiger partial charge in [-0.2, -0.15) is 0 Å². The van der Waals surface area contributed by atoms with Gasteiger partial charge in [0.25, 0.3) is 5.91 Å². The van der Waals surface area contributed by atoms with E-state index in [-0.39, 0.29) is 18.6 Å². The van der Waals surface area contributed by atoms with Crippen LogP contribution in [-0.2, 0) is 0 Å². The lowest BCUT2D eigenvalue weighted by Gasteiger charge is -2.15. The number of imidazole rings is 1. The van der Waals surface area contributed by atoms with Gasteiger partial charge in [0, 0.05) is 25.0 Å². The Kier molecular flexibility index (Phi) is 4.53. The molecule has 1 aromatic carbocycles. The second-order valence-corrected chi connectivity index (χ2v) is 4.88. The van der Waals surface area contributed by atoms with Crippen LogP contribution in [0.4, 0.5) is 0 Å². The molecule has 1 heterocycles. The molecule has 2 aromatic rings. The van der Waals surface area contributed by atoms with Gasteiger partial charge in [-0.1, -0.05) is 11.6 Å². The van der Waals surface area contributed by atoms with Crippen LogP contribution in [0, 0.1) is 6.92 Å². The molecule has 5 nitrogen and oxygen atoms in total. The largest absolute Gasteiger partial charge is 0.396 e. The predicted octanol–water partition coefficient (Wildman–Crippen LogP) is 1.68. The minimum absolute atomic E-state index is 0.0592. The van der Waals surface area contributed by atoms with Crippen molar-refractivity contribution in [2.45, 2.75) is 26.3 Å². The molecule has 2 N–H and O–H groups in total. The lowest BCUT2D eigenvalue weighted by Crippen LogP contribution is -2.33. The summed E-state index contributed by atoms with van der Waals surface area (Å²) in [5.41, 5.74) is 2.42. The van der Waals surface area contributed by atoms with E-state index >= 15 is 0 Å². The van der Waals surface area contributed by atoms with Crippen molar-refractivity contribution in [3.8, 4) is 5.69 Å². The summed E-state index contributed by atoms with van der Waals surface area (Å²) in [7, 11) is 0. The number of aliphatic hydroxyl groups is 1. The molecule has 1 atom stereocenters. The van der Waals surface area contributed by atoms with Crippen molar-refractivity contribution in [2.24, 2.45) is 0 Å². The summed E-state index contributed by atoms with van der Waals surface area (Å²) >= 11 is 0. The number of carbonyl (C=O) groups excluding carboxylic acids is 1. The van der Waals surface area contributed by atoms with Gasteiger partial charge in [-0.05, 0) is 32.4 Å². The number of hydrogen-bond donors (Lipinski definition) is 2. The summed E-state index contributed by atoms with van der Waals surface area (Å²) in [6.45, 7) is 3.88. The highest BCUT2D eigenvalue weighted by Crippen LogP contribution is 2.16. The first-order chi connectivity index (χ1) is 9.61. The number of aryl methyl sites for hydroxylation is 1. The van der Waals surface area contributed by atoms with Gasteiger partial charge in [0.05, 0.1) is 17.6 Å². The molecule has 2 rings (SSSR count). The van der Waals surface area contributed by atoms with Crippen LogP contribution >= 0.6 is 0 Å². The van der Waals surface area contributed by atoms with Crippen molar-refractivity contribution >= 4 is 5.91 Å². The number of nitrogens with one attached hydrogen (secondary N) is 1. The Balaban J connectivity index is 2.30. The van der Waals surface area contributed by atoms with E-state index in [0.29, 0.717) is 12.0 Å². The Hall–Kier alpha value is -2.14. The third kappa shape index (κ3) is 3.24. The van der Waals surface area contributed by atoms with Crippen LogP contribution in [0.3, 0.4) is 0 Å². The van der Waals surface area contributed by atoms with Gasteiger partial charge in [-0.15, -0.1) is 0 Å². The van der Waals surface area contributed by atoms with E-state index in [1.165, 1.54) is 0 Å². The smallest absolute Gasteiger partial charge is 0.253 e. The zero-order valence-electron chi connectivity index (χ0n) is 11.7. The fourth-order valence-corrected chi connectivity index (χ4v) is 2.03. The molecule has 5 heteroatoms. The second-order valence-electron chi connectivity index (χ2n) is 4.88. The van der Waals surface area contributed by atoms with Crippen LogP contribution in [-0.4, -0.2) is 33.2 Å². The topological polar surface area (TPSA) is 67.2 Å². The van der Waals surface area contributed by atoms with E-state index in [1.54, 1.807) is 18.7 Å². The summed E-state index contributed by atoms with van der Waals surface area (Å²) in [4.78, 5) is 16.4. The Morgan fingerprint density at radius 2 is 2.30 bits per heavy atom. The normalized spacial score (nSPS) is 12.2. The fraction of sp³-hybridized carbons (Fsp3) is 0.333. The molecular weight excluding hydrogens is 254 g/mol. The first-order valence-corrected chi connectivity index (χ1v) is 6.62. The number of rotatable bonds is 5. The minimum Gasteiger partial charge on any atom is -0.396 e. The van der Waals surface area contributed by atoms with Crippen LogP contribution in [0.1, 0.15) is 29.3 Å². The first-order valence-electron chi connectivity index (χ1n) is 6.62. The predicted molar refractivity (Wildman–Crippen MR) is 76.9 cm³/mol. The molecule has 0 aliphatic heterocycles. The Bertz CT molecular complexity index is 579. The van der Waals surface area contributed by atoms with Crippen LogP contribution < -0.4 is 5.32 Å². The van der Waals surface area contributed by atoms with Gasteiger partial charge in [0.2, 0.25) is 0 Å². The number of amides is 1. The van der Waals surface area contributed by atoms with Crippen molar-refractivity contribution in [1.29, 1.82) is 0 Å². The SMILES string of the molecule is Cc1ccc(-n2ccnc2)c(C(=O)NC(C)CCO)c1. The highest BCUT2D eigenvalue weighted by Gasteiger charge is 2.15. The zero-order valence-corrected chi connectivity index (χ0v) is 11.7. The monoisotopic (exact) mass is 273 g/mol. The van der Waals surface area contributed by atoms with Crippen molar-refractivity contribution in [2.75, 3.05) is 6.61 Å². The number of aromatic nitrogens is 2. The van der Waals surface area contributed by atoms with E-state index in [1.807, 2.05) is 36.6 Å². The molecule has 1 unspecified atom stereocenters. The minimum atomic E-state index is -0.140. The third-order valence-corrected chi connectivity index (χ3v) is 3.12. The van der Waals surface area contributed by atoms with E-state index < -0.39 is 0 Å². The summed E-state index contributed by atoms with van der Waals surface area (Å²) < 4.78 is 1.81. The van der Waals surface area contributed by atoms with Gasteiger partial charge < -0.3 is 15.0 Å². The first kappa shape index (κ1) is 14.3. The van der Waals surface area contributed by atoms with Crippen molar-refractivity contribution in [3.05, 3.63) is 48.0 Å². The van der Waals surface area contributed by atoms with Crippen molar-refractivity contribution < 1.29 is 9.90 Å². The van der Waals surface area contributed by atoms with Gasteiger partial charge in [-0.3, -0.25) is 4.79 Å². The molecule has 0 spiro atoms. The number of aliphatic hydroxyl groups excluding tert-OH is 1. The molecule has 0 aliphatic rings. The molecule has 1 amide bonds. The maximum absolute atomic E-state index is 12.4. The van der Waals surface area contributed by atoms with Gasteiger partial charge >= 0.3 is 0 Å². The van der Waals surface area contributed by atoms with Gasteiger partial charge in [-0.25, -0.2) is 4.98 Å². The third-order valence-electron chi connectivity index (χ3n) is 3.12. The molecule has 0 radical (unpaired) electrons. The molecule has 106 valence electrons. The maximum atomic E-state index is 12.4. The van der Waals surface area contributed by atoms with E-state index in [2.05, 4.69) is 10.3 Å². The van der Waals surface area contributed by atoms with Gasteiger partial charge in [0.15, 0.2) is 0 Å². The summed E-state index contributed by atoms with van der Waals surface area (Å²) in [5, 5.41) is 11.8. The van der Waals surface area contributed by atoms with Crippen LogP contribution in [0.2, 0.25) is 0 Å². The highest BCUT2D eigenvalue weighted by molar-refractivity contribution is 5.98. The quantitative estimate of drug-likeness (QED) is 0.871. The molecule has 0 fully saturated rings. The molecule has 20 heavy (non-hydrogen) atoms. The zero-order chi connectivity index (χ0) is 14.5. The van der Waals surface area contributed by atoms with E-state index in [4.69, 9.17) is 5.11 Å². The summed E-state index contributed by atoms with van der Waals surface area (Å²) in [5.74, 6) is -0.140.